The molecule has 150 valence electrons. The van der Waals surface area contributed by atoms with Gasteiger partial charge in [-0.05, 0) is 73.5 Å². The van der Waals surface area contributed by atoms with Crippen molar-refractivity contribution in [3.8, 4) is 0 Å². The van der Waals surface area contributed by atoms with E-state index in [1.807, 2.05) is 26.0 Å². The minimum Gasteiger partial charge on any atom is -0.325 e. The molecule has 0 aliphatic carbocycles. The first-order valence-corrected chi connectivity index (χ1v) is 10.8. The predicted molar refractivity (Wildman–Crippen MR) is 117 cm³/mol. The van der Waals surface area contributed by atoms with E-state index >= 15 is 0 Å². The minimum atomic E-state index is -3.96. The van der Waals surface area contributed by atoms with E-state index in [0.717, 1.165) is 15.4 Å². The first-order valence-electron chi connectivity index (χ1n) is 8.98. The van der Waals surface area contributed by atoms with Crippen molar-refractivity contribution in [2.45, 2.75) is 18.7 Å². The summed E-state index contributed by atoms with van der Waals surface area (Å²) in [5.41, 5.74) is 3.17. The molecule has 1 N–H and O–H groups in total. The van der Waals surface area contributed by atoms with E-state index in [0.29, 0.717) is 16.4 Å². The average Bonchev–Trinajstić information content (AvgIpc) is 2.70. The number of amides is 1. The van der Waals surface area contributed by atoms with Crippen LogP contribution in [-0.2, 0) is 14.8 Å². The number of benzene rings is 3. The molecule has 0 bridgehead atoms. The van der Waals surface area contributed by atoms with Crippen LogP contribution in [0.25, 0.3) is 0 Å². The highest BCUT2D eigenvalue weighted by Crippen LogP contribution is 2.25. The number of anilines is 2. The van der Waals surface area contributed by atoms with Crippen molar-refractivity contribution in [3.63, 3.8) is 0 Å². The monoisotopic (exact) mass is 428 g/mol. The number of carbonyl (C=O) groups is 1. The SMILES string of the molecule is Cc1ccc(NC(=O)CN(c2ccccc2)S(=O)(=O)c2ccc(Cl)cc2)cc1C. The molecule has 0 radical (unpaired) electrons. The van der Waals surface area contributed by atoms with Gasteiger partial charge in [0.2, 0.25) is 5.91 Å². The Morgan fingerprint density at radius 2 is 1.59 bits per heavy atom. The fourth-order valence-corrected chi connectivity index (χ4v) is 4.34. The number of halogens is 1. The summed E-state index contributed by atoms with van der Waals surface area (Å²) >= 11 is 5.88. The van der Waals surface area contributed by atoms with Crippen LogP contribution in [0.5, 0.6) is 0 Å². The third-order valence-corrected chi connectivity index (χ3v) is 6.56. The molecule has 5 nitrogen and oxygen atoms in total. The van der Waals surface area contributed by atoms with Gasteiger partial charge in [0.1, 0.15) is 6.54 Å². The van der Waals surface area contributed by atoms with E-state index in [1.54, 1.807) is 36.4 Å². The number of carbonyl (C=O) groups excluding carboxylic acids is 1. The highest BCUT2D eigenvalue weighted by Gasteiger charge is 2.27. The fourth-order valence-electron chi connectivity index (χ4n) is 2.79. The Balaban J connectivity index is 1.91. The second-order valence-corrected chi connectivity index (χ2v) is 8.95. The number of hydrogen-bond acceptors (Lipinski definition) is 3. The molecule has 1 amide bonds. The van der Waals surface area contributed by atoms with Gasteiger partial charge < -0.3 is 5.32 Å². The molecular weight excluding hydrogens is 408 g/mol. The van der Waals surface area contributed by atoms with E-state index in [1.165, 1.54) is 24.3 Å². The van der Waals surface area contributed by atoms with E-state index in [9.17, 15) is 13.2 Å². The lowest BCUT2D eigenvalue weighted by Crippen LogP contribution is -2.38. The Morgan fingerprint density at radius 1 is 0.931 bits per heavy atom. The molecule has 0 spiro atoms. The van der Waals surface area contributed by atoms with E-state index < -0.39 is 15.9 Å². The topological polar surface area (TPSA) is 66.5 Å². The van der Waals surface area contributed by atoms with Gasteiger partial charge in [-0.2, -0.15) is 0 Å². The highest BCUT2D eigenvalue weighted by molar-refractivity contribution is 7.92. The molecule has 29 heavy (non-hydrogen) atoms. The Kier molecular flexibility index (Phi) is 6.25. The van der Waals surface area contributed by atoms with Crippen LogP contribution in [0.15, 0.2) is 77.7 Å². The lowest BCUT2D eigenvalue weighted by Gasteiger charge is -2.24. The Labute approximate surface area is 176 Å². The van der Waals surface area contributed by atoms with Gasteiger partial charge in [-0.3, -0.25) is 9.10 Å². The van der Waals surface area contributed by atoms with Crippen LogP contribution in [0.2, 0.25) is 5.02 Å². The summed E-state index contributed by atoms with van der Waals surface area (Å²) in [6.45, 7) is 3.57. The molecule has 0 atom stereocenters. The maximum Gasteiger partial charge on any atom is 0.264 e. The largest absolute Gasteiger partial charge is 0.325 e. The van der Waals surface area contributed by atoms with Gasteiger partial charge in [0.25, 0.3) is 10.0 Å². The molecular formula is C22H21ClN2O3S. The van der Waals surface area contributed by atoms with E-state index in [4.69, 9.17) is 11.6 Å². The molecule has 3 aromatic carbocycles. The molecule has 0 aliphatic rings. The van der Waals surface area contributed by atoms with Crippen molar-refractivity contribution < 1.29 is 13.2 Å². The third kappa shape index (κ3) is 4.96. The summed E-state index contributed by atoms with van der Waals surface area (Å²) in [6, 6.07) is 19.9. The van der Waals surface area contributed by atoms with Crippen molar-refractivity contribution in [3.05, 3.63) is 88.9 Å². The Bertz CT molecular complexity index is 1110. The second-order valence-electron chi connectivity index (χ2n) is 6.65. The standard InChI is InChI=1S/C22H21ClN2O3S/c1-16-8-11-19(14-17(16)2)24-22(26)15-25(20-6-4-3-5-7-20)29(27,28)21-12-9-18(23)10-13-21/h3-14H,15H2,1-2H3,(H,24,26). The number of hydrogen-bond donors (Lipinski definition) is 1. The van der Waals surface area contributed by atoms with Crippen LogP contribution in [0, 0.1) is 13.8 Å². The average molecular weight is 429 g/mol. The maximum atomic E-state index is 13.2. The van der Waals surface area contributed by atoms with Crippen molar-refractivity contribution in [1.29, 1.82) is 0 Å². The smallest absolute Gasteiger partial charge is 0.264 e. The normalized spacial score (nSPS) is 11.1. The van der Waals surface area contributed by atoms with Crippen molar-refractivity contribution >= 4 is 38.9 Å². The number of para-hydroxylation sites is 1. The van der Waals surface area contributed by atoms with Crippen LogP contribution >= 0.6 is 11.6 Å². The van der Waals surface area contributed by atoms with Crippen LogP contribution in [-0.4, -0.2) is 20.9 Å². The second kappa shape index (κ2) is 8.68. The van der Waals surface area contributed by atoms with Gasteiger partial charge in [-0.25, -0.2) is 8.42 Å². The van der Waals surface area contributed by atoms with Crippen LogP contribution < -0.4 is 9.62 Å². The zero-order chi connectivity index (χ0) is 21.0. The summed E-state index contributed by atoms with van der Waals surface area (Å²) in [6.07, 6.45) is 0. The number of aryl methyl sites for hydroxylation is 2. The highest BCUT2D eigenvalue weighted by atomic mass is 35.5. The molecule has 0 aliphatic heterocycles. The fraction of sp³-hybridized carbons (Fsp3) is 0.136. The van der Waals surface area contributed by atoms with Crippen LogP contribution in [0.3, 0.4) is 0 Å². The van der Waals surface area contributed by atoms with Gasteiger partial charge >= 0.3 is 0 Å². The van der Waals surface area contributed by atoms with Crippen LogP contribution in [0.4, 0.5) is 11.4 Å². The summed E-state index contributed by atoms with van der Waals surface area (Å²) in [5, 5.41) is 3.21. The van der Waals surface area contributed by atoms with Crippen molar-refractivity contribution in [2.75, 3.05) is 16.2 Å². The van der Waals surface area contributed by atoms with E-state index in [2.05, 4.69) is 5.32 Å². The molecule has 3 aromatic rings. The molecule has 0 aromatic heterocycles. The summed E-state index contributed by atoms with van der Waals surface area (Å²) in [4.78, 5) is 12.7. The predicted octanol–water partition coefficient (Wildman–Crippen LogP) is 4.79. The Hall–Kier alpha value is -2.83. The summed E-state index contributed by atoms with van der Waals surface area (Å²) < 4.78 is 27.6. The van der Waals surface area contributed by atoms with Crippen molar-refractivity contribution in [1.82, 2.24) is 0 Å². The molecule has 3 rings (SSSR count). The number of nitrogens with zero attached hydrogens (tertiary/aromatic N) is 1. The minimum absolute atomic E-state index is 0.0599. The molecule has 0 heterocycles. The third-order valence-electron chi connectivity index (χ3n) is 4.52. The first kappa shape index (κ1) is 20.9. The zero-order valence-electron chi connectivity index (χ0n) is 16.1. The maximum absolute atomic E-state index is 13.2. The molecule has 0 unspecified atom stereocenters. The molecule has 0 saturated heterocycles. The lowest BCUT2D eigenvalue weighted by atomic mass is 10.1. The van der Waals surface area contributed by atoms with Crippen molar-refractivity contribution in [2.24, 2.45) is 0 Å². The van der Waals surface area contributed by atoms with Gasteiger partial charge in [-0.1, -0.05) is 35.9 Å². The quantitative estimate of drug-likeness (QED) is 0.613. The summed E-state index contributed by atoms with van der Waals surface area (Å²) in [7, 11) is -3.96. The summed E-state index contributed by atoms with van der Waals surface area (Å²) in [5.74, 6) is -0.436. The first-order chi connectivity index (χ1) is 13.8. The van der Waals surface area contributed by atoms with Gasteiger partial charge in [0.05, 0.1) is 10.6 Å². The molecule has 0 fully saturated rings. The number of nitrogens with one attached hydrogen (secondary N) is 1. The lowest BCUT2D eigenvalue weighted by molar-refractivity contribution is -0.114. The molecule has 7 heteroatoms. The Morgan fingerprint density at radius 3 is 2.21 bits per heavy atom. The van der Waals surface area contributed by atoms with Gasteiger partial charge in [0, 0.05) is 10.7 Å². The number of rotatable bonds is 6. The van der Waals surface area contributed by atoms with Gasteiger partial charge in [-0.15, -0.1) is 0 Å². The van der Waals surface area contributed by atoms with Gasteiger partial charge in [0.15, 0.2) is 0 Å². The number of sulfonamides is 1. The van der Waals surface area contributed by atoms with Crippen LogP contribution in [0.1, 0.15) is 11.1 Å². The van der Waals surface area contributed by atoms with E-state index in [-0.39, 0.29) is 11.4 Å². The zero-order valence-corrected chi connectivity index (χ0v) is 17.7. The molecule has 0 saturated carbocycles.